The first-order valence-corrected chi connectivity index (χ1v) is 11.1. The summed E-state index contributed by atoms with van der Waals surface area (Å²) in [5.41, 5.74) is 2.43. The van der Waals surface area contributed by atoms with Crippen molar-refractivity contribution in [2.45, 2.75) is 25.4 Å². The molecule has 29 heavy (non-hydrogen) atoms. The Balaban J connectivity index is 1.66. The lowest BCUT2D eigenvalue weighted by atomic mass is 10.0. The second kappa shape index (κ2) is 7.82. The van der Waals surface area contributed by atoms with Crippen molar-refractivity contribution in [3.8, 4) is 0 Å². The Morgan fingerprint density at radius 1 is 1.10 bits per heavy atom. The Kier molecular flexibility index (Phi) is 5.04. The van der Waals surface area contributed by atoms with Gasteiger partial charge in [0.1, 0.15) is 5.58 Å². The molecule has 0 unspecified atom stereocenters. The molecule has 2 aromatic heterocycles. The maximum Gasteiger partial charge on any atom is 0.338 e. The van der Waals surface area contributed by atoms with Crippen LogP contribution in [0.15, 0.2) is 63.1 Å². The molecule has 6 heteroatoms. The number of rotatable bonds is 4. The van der Waals surface area contributed by atoms with Gasteiger partial charge in [-0.2, -0.15) is 0 Å². The molecule has 1 fully saturated rings. The molecule has 1 saturated heterocycles. The average Bonchev–Trinajstić information content (AvgIpc) is 3.15. The van der Waals surface area contributed by atoms with E-state index in [1.807, 2.05) is 6.07 Å². The van der Waals surface area contributed by atoms with E-state index in [-0.39, 0.29) is 5.63 Å². The third-order valence-electron chi connectivity index (χ3n) is 5.64. The van der Waals surface area contributed by atoms with E-state index >= 15 is 0 Å². The van der Waals surface area contributed by atoms with Crippen LogP contribution in [0.5, 0.6) is 0 Å². The van der Waals surface area contributed by atoms with Gasteiger partial charge in [-0.3, -0.25) is 0 Å². The topological polar surface area (TPSA) is 45.5 Å². The number of nitrogens with zero attached hydrogens (tertiary/aromatic N) is 1. The summed E-state index contributed by atoms with van der Waals surface area (Å²) in [5.74, 6) is 0. The molecule has 0 radical (unpaired) electrons. The molecule has 0 aliphatic carbocycles. The van der Waals surface area contributed by atoms with Gasteiger partial charge in [0.25, 0.3) is 0 Å². The predicted octanol–water partition coefficient (Wildman–Crippen LogP) is 5.42. The number of anilines is 1. The van der Waals surface area contributed by atoms with Crippen LogP contribution in [-0.4, -0.2) is 19.1 Å². The first kappa shape index (κ1) is 18.7. The molecule has 0 spiro atoms. The fourth-order valence-electron chi connectivity index (χ4n) is 4.22. The zero-order valence-electron chi connectivity index (χ0n) is 15.9. The minimum Gasteiger partial charge on any atom is -0.423 e. The normalized spacial score (nSPS) is 15.2. The van der Waals surface area contributed by atoms with Gasteiger partial charge in [-0.25, -0.2) is 4.79 Å². The van der Waals surface area contributed by atoms with Crippen molar-refractivity contribution in [2.75, 3.05) is 18.0 Å². The minimum absolute atomic E-state index is 0.330. The number of hydrogen-bond acceptors (Lipinski definition) is 5. The van der Waals surface area contributed by atoms with Gasteiger partial charge < -0.3 is 14.6 Å². The zero-order valence-corrected chi connectivity index (χ0v) is 17.4. The van der Waals surface area contributed by atoms with E-state index in [9.17, 15) is 4.79 Å². The summed E-state index contributed by atoms with van der Waals surface area (Å²) in [4.78, 5) is 14.7. The van der Waals surface area contributed by atoms with E-state index in [4.69, 9.17) is 16.0 Å². The van der Waals surface area contributed by atoms with Gasteiger partial charge in [0.2, 0.25) is 0 Å². The quantitative estimate of drug-likeness (QED) is 0.444. The summed E-state index contributed by atoms with van der Waals surface area (Å²) in [6, 6.07) is 15.9. The van der Waals surface area contributed by atoms with Gasteiger partial charge in [0.05, 0.1) is 5.69 Å². The van der Waals surface area contributed by atoms with Crippen LogP contribution < -0.4 is 15.8 Å². The van der Waals surface area contributed by atoms with Crippen LogP contribution in [0.2, 0.25) is 5.02 Å². The van der Waals surface area contributed by atoms with Gasteiger partial charge in [0, 0.05) is 33.8 Å². The van der Waals surface area contributed by atoms with E-state index in [1.54, 1.807) is 29.5 Å². The monoisotopic (exact) mass is 424 g/mol. The van der Waals surface area contributed by atoms with E-state index in [0.29, 0.717) is 16.6 Å². The molecular formula is C23H21ClN2O2S. The lowest BCUT2D eigenvalue weighted by Gasteiger charge is -2.37. The van der Waals surface area contributed by atoms with E-state index < -0.39 is 0 Å². The molecule has 1 aliphatic rings. The Morgan fingerprint density at radius 2 is 1.93 bits per heavy atom. The highest BCUT2D eigenvalue weighted by Gasteiger charge is 2.25. The first-order chi connectivity index (χ1) is 14.2. The number of nitrogens with one attached hydrogen (secondary N) is 1. The number of halogens is 1. The third kappa shape index (κ3) is 3.66. The molecular weight excluding hydrogens is 404 g/mol. The van der Waals surface area contributed by atoms with Gasteiger partial charge >= 0.3 is 5.63 Å². The molecule has 0 bridgehead atoms. The average molecular weight is 425 g/mol. The molecule has 2 aromatic carbocycles. The Labute approximate surface area is 177 Å². The summed E-state index contributed by atoms with van der Waals surface area (Å²) in [7, 11) is 0. The summed E-state index contributed by atoms with van der Waals surface area (Å²) in [5, 5.41) is 8.48. The Morgan fingerprint density at radius 3 is 2.79 bits per heavy atom. The lowest BCUT2D eigenvalue weighted by molar-refractivity contribution is 0.428. The van der Waals surface area contributed by atoms with Crippen molar-refractivity contribution >= 4 is 49.7 Å². The number of benzene rings is 2. The minimum atomic E-state index is -0.330. The largest absolute Gasteiger partial charge is 0.423 e. The summed E-state index contributed by atoms with van der Waals surface area (Å²) in [6.07, 6.45) is 2.06. The van der Waals surface area contributed by atoms with Crippen LogP contribution in [0.25, 0.3) is 21.1 Å². The van der Waals surface area contributed by atoms with Crippen molar-refractivity contribution in [2.24, 2.45) is 0 Å². The van der Waals surface area contributed by atoms with Crippen LogP contribution in [-0.2, 0) is 6.54 Å². The smallest absolute Gasteiger partial charge is 0.338 e. The number of hydrogen-bond donors (Lipinski definition) is 1. The van der Waals surface area contributed by atoms with Gasteiger partial charge in [-0.05, 0) is 66.5 Å². The molecule has 0 atom stereocenters. The maximum atomic E-state index is 12.4. The highest BCUT2D eigenvalue weighted by atomic mass is 35.5. The molecule has 0 saturated carbocycles. The fourth-order valence-corrected chi connectivity index (χ4v) is 5.35. The molecule has 3 heterocycles. The highest BCUT2D eigenvalue weighted by molar-refractivity contribution is 7.17. The van der Waals surface area contributed by atoms with Crippen molar-refractivity contribution in [1.29, 1.82) is 0 Å². The maximum absolute atomic E-state index is 12.4. The van der Waals surface area contributed by atoms with E-state index in [0.717, 1.165) is 43.5 Å². The Bertz CT molecular complexity index is 1230. The van der Waals surface area contributed by atoms with Crippen LogP contribution in [0, 0.1) is 0 Å². The zero-order chi connectivity index (χ0) is 19.8. The highest BCUT2D eigenvalue weighted by Crippen LogP contribution is 2.34. The van der Waals surface area contributed by atoms with Crippen molar-refractivity contribution in [3.63, 3.8) is 0 Å². The van der Waals surface area contributed by atoms with Crippen molar-refractivity contribution in [1.82, 2.24) is 5.32 Å². The first-order valence-electron chi connectivity index (χ1n) is 9.85. The molecule has 4 aromatic rings. The van der Waals surface area contributed by atoms with Crippen LogP contribution in [0.3, 0.4) is 0 Å². The number of fused-ring (bicyclic) bond motifs is 2. The molecule has 1 N–H and O–H groups in total. The van der Waals surface area contributed by atoms with Crippen LogP contribution >= 0.6 is 22.9 Å². The number of thiophene rings is 1. The SMILES string of the molecule is O=c1cc(N(Cc2csc3ccccc23)C2CCNCC2)c2cc(Cl)ccc2o1. The second-order valence-corrected chi connectivity index (χ2v) is 8.80. The van der Waals surface area contributed by atoms with Crippen LogP contribution in [0.4, 0.5) is 5.69 Å². The molecule has 1 aliphatic heterocycles. The van der Waals surface area contributed by atoms with Crippen molar-refractivity contribution < 1.29 is 4.42 Å². The van der Waals surface area contributed by atoms with Crippen molar-refractivity contribution in [3.05, 3.63) is 74.9 Å². The molecule has 148 valence electrons. The van der Waals surface area contributed by atoms with E-state index in [1.165, 1.54) is 15.6 Å². The van der Waals surface area contributed by atoms with Gasteiger partial charge in [-0.15, -0.1) is 11.3 Å². The summed E-state index contributed by atoms with van der Waals surface area (Å²) in [6.45, 7) is 2.71. The molecule has 0 amide bonds. The summed E-state index contributed by atoms with van der Waals surface area (Å²) >= 11 is 8.06. The van der Waals surface area contributed by atoms with Crippen LogP contribution in [0.1, 0.15) is 18.4 Å². The van der Waals surface area contributed by atoms with Gasteiger partial charge in [-0.1, -0.05) is 29.8 Å². The lowest BCUT2D eigenvalue weighted by Crippen LogP contribution is -2.43. The molecule has 4 nitrogen and oxygen atoms in total. The molecule has 5 rings (SSSR count). The van der Waals surface area contributed by atoms with E-state index in [2.05, 4.69) is 39.9 Å². The standard InChI is InChI=1S/C23H21ClN2O2S/c24-16-5-6-21-19(11-16)20(12-23(27)28-21)26(17-7-9-25-10-8-17)13-15-14-29-22-4-2-1-3-18(15)22/h1-6,11-12,14,17,25H,7-10,13H2. The predicted molar refractivity (Wildman–Crippen MR) is 121 cm³/mol. The van der Waals surface area contributed by atoms with Gasteiger partial charge in [0.15, 0.2) is 0 Å². The number of piperidine rings is 1. The Hall–Kier alpha value is -2.34. The third-order valence-corrected chi connectivity index (χ3v) is 6.89. The fraction of sp³-hybridized carbons (Fsp3) is 0.261. The second-order valence-electron chi connectivity index (χ2n) is 7.46. The summed E-state index contributed by atoms with van der Waals surface area (Å²) < 4.78 is 6.73.